The minimum absolute atomic E-state index is 0.143. The van der Waals surface area contributed by atoms with Crippen molar-refractivity contribution in [3.63, 3.8) is 0 Å². The van der Waals surface area contributed by atoms with Gasteiger partial charge in [-0.3, -0.25) is 4.72 Å². The molecular weight excluding hydrogens is 486 g/mol. The van der Waals surface area contributed by atoms with Crippen LogP contribution in [0.1, 0.15) is 16.7 Å². The lowest BCUT2D eigenvalue weighted by Gasteiger charge is -2.09. The van der Waals surface area contributed by atoms with Crippen LogP contribution in [0.4, 0.5) is 5.82 Å². The second-order valence-corrected chi connectivity index (χ2v) is 10.2. The summed E-state index contributed by atoms with van der Waals surface area (Å²) in [4.78, 5) is 19.2. The van der Waals surface area contributed by atoms with Crippen LogP contribution in [0.3, 0.4) is 0 Å². The maximum absolute atomic E-state index is 12.8. The molecule has 3 aromatic carbocycles. The van der Waals surface area contributed by atoms with E-state index in [-0.39, 0.29) is 17.1 Å². The number of H-pyrrole nitrogens is 1. The number of aromatic amines is 1. The van der Waals surface area contributed by atoms with E-state index in [1.54, 1.807) is 60.8 Å². The molecule has 2 heterocycles. The Morgan fingerprint density at radius 1 is 0.865 bits per heavy atom. The van der Waals surface area contributed by atoms with Crippen LogP contribution in [-0.2, 0) is 20.6 Å². The number of aromatic nitrogens is 2. The van der Waals surface area contributed by atoms with Gasteiger partial charge in [0.2, 0.25) is 10.0 Å². The van der Waals surface area contributed by atoms with E-state index < -0.39 is 16.0 Å². The van der Waals surface area contributed by atoms with Crippen LogP contribution < -0.4 is 4.72 Å². The van der Waals surface area contributed by atoms with E-state index in [1.165, 1.54) is 0 Å². The molecule has 5 aromatic rings. The summed E-state index contributed by atoms with van der Waals surface area (Å²) in [7, 11) is -3.71. The van der Waals surface area contributed by atoms with Gasteiger partial charge in [-0.1, -0.05) is 84.9 Å². The van der Waals surface area contributed by atoms with Gasteiger partial charge in [-0.2, -0.15) is 0 Å². The first-order valence-corrected chi connectivity index (χ1v) is 13.2. The average molecular weight is 510 g/mol. The second-order valence-electron chi connectivity index (χ2n) is 8.49. The first kappa shape index (κ1) is 24.0. The van der Waals surface area contributed by atoms with Crippen LogP contribution in [0, 0.1) is 0 Å². The van der Waals surface area contributed by atoms with E-state index in [2.05, 4.69) is 14.7 Å². The zero-order valence-electron chi connectivity index (χ0n) is 19.6. The molecule has 5 rings (SSSR count). The van der Waals surface area contributed by atoms with Crippen LogP contribution >= 0.6 is 0 Å². The fourth-order valence-electron chi connectivity index (χ4n) is 4.08. The molecule has 0 unspecified atom stereocenters. The number of carboxylic acid groups (broad SMARTS) is 1. The van der Waals surface area contributed by atoms with Gasteiger partial charge in [0.15, 0.2) is 0 Å². The maximum Gasteiger partial charge on any atom is 0.336 e. The van der Waals surface area contributed by atoms with Crippen molar-refractivity contribution in [2.75, 3.05) is 4.72 Å². The molecule has 0 atom stereocenters. The van der Waals surface area contributed by atoms with Crippen molar-refractivity contribution in [2.24, 2.45) is 0 Å². The molecule has 0 spiro atoms. The Hall–Kier alpha value is -4.69. The van der Waals surface area contributed by atoms with Crippen LogP contribution in [0.5, 0.6) is 0 Å². The molecule has 0 aliphatic heterocycles. The van der Waals surface area contributed by atoms with Gasteiger partial charge in [-0.15, -0.1) is 0 Å². The molecule has 0 fully saturated rings. The SMILES string of the molecule is O=C(O)/C(=C/c1c[nH]c2nc(NS(=O)(=O)Cc3ccc(-c4ccccc4)cc3)ccc12)c1ccccc1. The third-order valence-corrected chi connectivity index (χ3v) is 7.10. The van der Waals surface area contributed by atoms with Crippen molar-refractivity contribution in [1.82, 2.24) is 9.97 Å². The largest absolute Gasteiger partial charge is 0.478 e. The Kier molecular flexibility index (Phi) is 6.57. The van der Waals surface area contributed by atoms with Crippen molar-refractivity contribution in [3.8, 4) is 11.1 Å². The number of nitrogens with one attached hydrogen (secondary N) is 2. The van der Waals surface area contributed by atoms with Gasteiger partial charge >= 0.3 is 5.97 Å². The highest BCUT2D eigenvalue weighted by Crippen LogP contribution is 2.26. The van der Waals surface area contributed by atoms with Gasteiger partial charge in [0.05, 0.1) is 11.3 Å². The third-order valence-electron chi connectivity index (χ3n) is 5.86. The number of aliphatic carboxylic acids is 1. The fraction of sp³-hybridized carbons (Fsp3) is 0.0345. The number of sulfonamides is 1. The number of rotatable bonds is 8. The lowest BCUT2D eigenvalue weighted by Crippen LogP contribution is -2.15. The molecule has 3 N–H and O–H groups in total. The summed E-state index contributed by atoms with van der Waals surface area (Å²) in [6, 6.07) is 29.4. The second kappa shape index (κ2) is 10.1. The smallest absolute Gasteiger partial charge is 0.336 e. The molecule has 2 aromatic heterocycles. The van der Waals surface area contributed by atoms with Crippen LogP contribution in [0.15, 0.2) is 103 Å². The standard InChI is InChI=1S/C29H23N3O4S/c33-29(34)26(23-9-5-2-6-10-23)17-24-18-30-28-25(24)15-16-27(31-28)32-37(35,36)19-20-11-13-22(14-12-20)21-7-3-1-4-8-21/h1-18H,19H2,(H,33,34)(H2,30,31,32)/b26-17+. The van der Waals surface area contributed by atoms with Gasteiger partial charge in [-0.25, -0.2) is 18.2 Å². The zero-order chi connectivity index (χ0) is 25.8. The number of carbonyl (C=O) groups is 1. The summed E-state index contributed by atoms with van der Waals surface area (Å²) < 4.78 is 28.1. The number of nitrogens with zero attached hydrogens (tertiary/aromatic N) is 1. The summed E-state index contributed by atoms with van der Waals surface area (Å²) in [5.41, 5.74) is 4.53. The van der Waals surface area contributed by atoms with Gasteiger partial charge in [0.25, 0.3) is 0 Å². The first-order chi connectivity index (χ1) is 17.9. The molecule has 0 bridgehead atoms. The number of fused-ring (bicyclic) bond motifs is 1. The van der Waals surface area contributed by atoms with E-state index in [1.807, 2.05) is 48.5 Å². The summed E-state index contributed by atoms with van der Waals surface area (Å²) in [6.07, 6.45) is 3.22. The normalized spacial score (nSPS) is 11.9. The molecule has 37 heavy (non-hydrogen) atoms. The third kappa shape index (κ3) is 5.60. The number of benzene rings is 3. The summed E-state index contributed by atoms with van der Waals surface area (Å²) in [5, 5.41) is 10.4. The van der Waals surface area contributed by atoms with Gasteiger partial charge in [-0.05, 0) is 40.5 Å². The summed E-state index contributed by atoms with van der Waals surface area (Å²) in [6.45, 7) is 0. The van der Waals surface area contributed by atoms with Crippen LogP contribution in [0.25, 0.3) is 33.8 Å². The lowest BCUT2D eigenvalue weighted by molar-refractivity contribution is -0.130. The van der Waals surface area contributed by atoms with Crippen molar-refractivity contribution < 1.29 is 18.3 Å². The average Bonchev–Trinajstić information content (AvgIpc) is 3.30. The molecule has 0 saturated carbocycles. The maximum atomic E-state index is 12.8. The molecule has 184 valence electrons. The Bertz CT molecular complexity index is 1690. The predicted octanol–water partition coefficient (Wildman–Crippen LogP) is 5.80. The predicted molar refractivity (Wildman–Crippen MR) is 146 cm³/mol. The van der Waals surface area contributed by atoms with Crippen molar-refractivity contribution >= 4 is 44.5 Å². The molecule has 7 nitrogen and oxygen atoms in total. The first-order valence-electron chi connectivity index (χ1n) is 11.5. The topological polar surface area (TPSA) is 112 Å². The molecule has 0 amide bonds. The van der Waals surface area contributed by atoms with E-state index >= 15 is 0 Å². The minimum atomic E-state index is -3.71. The molecule has 0 aliphatic rings. The number of hydrogen-bond donors (Lipinski definition) is 3. The quantitative estimate of drug-likeness (QED) is 0.229. The number of pyridine rings is 1. The van der Waals surface area contributed by atoms with Gasteiger partial charge in [0.1, 0.15) is 11.5 Å². The van der Waals surface area contributed by atoms with Gasteiger partial charge < -0.3 is 10.1 Å². The van der Waals surface area contributed by atoms with E-state index in [0.717, 1.165) is 11.1 Å². The Balaban J connectivity index is 1.34. The molecule has 0 radical (unpaired) electrons. The lowest BCUT2D eigenvalue weighted by atomic mass is 10.0. The van der Waals surface area contributed by atoms with Gasteiger partial charge in [0, 0.05) is 17.1 Å². The highest BCUT2D eigenvalue weighted by Gasteiger charge is 2.15. The minimum Gasteiger partial charge on any atom is -0.478 e. The highest BCUT2D eigenvalue weighted by atomic mass is 32.2. The molecule has 0 saturated heterocycles. The Morgan fingerprint density at radius 3 is 2.19 bits per heavy atom. The van der Waals surface area contributed by atoms with E-state index in [9.17, 15) is 18.3 Å². The molecule has 8 heteroatoms. The van der Waals surface area contributed by atoms with Crippen molar-refractivity contribution in [2.45, 2.75) is 5.75 Å². The number of carboxylic acids is 1. The van der Waals surface area contributed by atoms with Crippen LogP contribution in [0.2, 0.25) is 0 Å². The van der Waals surface area contributed by atoms with Crippen molar-refractivity contribution in [3.05, 3.63) is 120 Å². The molecule has 0 aliphatic carbocycles. The Morgan fingerprint density at radius 2 is 1.51 bits per heavy atom. The summed E-state index contributed by atoms with van der Waals surface area (Å²) in [5.74, 6) is -1.07. The zero-order valence-corrected chi connectivity index (χ0v) is 20.4. The van der Waals surface area contributed by atoms with Crippen molar-refractivity contribution in [1.29, 1.82) is 0 Å². The Labute approximate surface area is 214 Å². The van der Waals surface area contributed by atoms with E-state index in [4.69, 9.17) is 0 Å². The summed E-state index contributed by atoms with van der Waals surface area (Å²) >= 11 is 0. The molecular formula is C29H23N3O4S. The fourth-order valence-corrected chi connectivity index (χ4v) is 5.22. The highest BCUT2D eigenvalue weighted by molar-refractivity contribution is 7.91. The number of anilines is 1. The van der Waals surface area contributed by atoms with Crippen LogP contribution in [-0.4, -0.2) is 29.5 Å². The monoisotopic (exact) mass is 509 g/mol. The van der Waals surface area contributed by atoms with E-state index in [0.29, 0.717) is 27.7 Å². The number of hydrogen-bond acceptors (Lipinski definition) is 4.